The molecule has 0 radical (unpaired) electrons. The van der Waals surface area contributed by atoms with Crippen LogP contribution < -0.4 is 14.3 Å². The summed E-state index contributed by atoms with van der Waals surface area (Å²) in [6.07, 6.45) is 0.104. The number of carbonyl (C=O) groups is 1. The van der Waals surface area contributed by atoms with E-state index in [-0.39, 0.29) is 23.0 Å². The van der Waals surface area contributed by atoms with Gasteiger partial charge in [0.1, 0.15) is 13.2 Å². The van der Waals surface area contributed by atoms with Crippen LogP contribution in [0.3, 0.4) is 0 Å². The summed E-state index contributed by atoms with van der Waals surface area (Å²) in [4.78, 5) is 17.8. The molecule has 0 unspecified atom stereocenters. The minimum atomic E-state index is -3.25. The van der Waals surface area contributed by atoms with E-state index in [1.807, 2.05) is 23.6 Å². The van der Waals surface area contributed by atoms with Gasteiger partial charge in [0.15, 0.2) is 26.1 Å². The number of carbonyl (C=O) groups excluding carboxylic acids is 1. The molecule has 1 aliphatic rings. The zero-order valence-corrected chi connectivity index (χ0v) is 18.4. The number of hydrogen-bond acceptors (Lipinski definition) is 6. The summed E-state index contributed by atoms with van der Waals surface area (Å²) in [5, 5.41) is 0. The number of benzene rings is 2. The number of aryl methyl sites for hydroxylation is 1. The second kappa shape index (κ2) is 8.23. The minimum Gasteiger partial charge on any atom is -0.486 e. The molecule has 0 spiro atoms. The monoisotopic (exact) mass is 446 g/mol. The number of sulfone groups is 1. The fraction of sp³-hybridized carbons (Fsp3) is 0.333. The molecule has 1 aromatic heterocycles. The van der Waals surface area contributed by atoms with Gasteiger partial charge in [-0.25, -0.2) is 8.42 Å². The highest BCUT2D eigenvalue weighted by atomic mass is 32.2. The Balaban J connectivity index is 1.63. The lowest BCUT2D eigenvalue weighted by atomic mass is 10.1. The molecule has 9 heteroatoms. The molecule has 0 fully saturated rings. The second-order valence-corrected chi connectivity index (χ2v) is 10.1. The van der Waals surface area contributed by atoms with Gasteiger partial charge in [0.25, 0.3) is 5.91 Å². The summed E-state index contributed by atoms with van der Waals surface area (Å²) in [6.45, 7) is 5.30. The summed E-state index contributed by atoms with van der Waals surface area (Å²) in [5.74, 6) is 1.17. The van der Waals surface area contributed by atoms with Crippen molar-refractivity contribution in [2.24, 2.45) is 4.99 Å². The van der Waals surface area contributed by atoms with Gasteiger partial charge in [-0.15, -0.1) is 0 Å². The van der Waals surface area contributed by atoms with E-state index in [1.165, 1.54) is 23.5 Å². The van der Waals surface area contributed by atoms with Gasteiger partial charge in [-0.05, 0) is 24.6 Å². The van der Waals surface area contributed by atoms with Crippen LogP contribution in [0, 0.1) is 0 Å². The molecule has 1 amide bonds. The van der Waals surface area contributed by atoms with E-state index in [0.29, 0.717) is 36.1 Å². The Morgan fingerprint density at radius 3 is 2.40 bits per heavy atom. The fourth-order valence-corrected chi connectivity index (χ4v) is 5.31. The van der Waals surface area contributed by atoms with Gasteiger partial charge in [0.05, 0.1) is 27.3 Å². The molecule has 2 aromatic carbocycles. The number of nitrogens with zero attached hydrogens (tertiary/aromatic N) is 2. The number of aromatic nitrogens is 1. The average molecular weight is 447 g/mol. The van der Waals surface area contributed by atoms with E-state index in [9.17, 15) is 13.2 Å². The van der Waals surface area contributed by atoms with E-state index in [4.69, 9.17) is 9.47 Å². The van der Waals surface area contributed by atoms with Crippen LogP contribution in [0.5, 0.6) is 11.5 Å². The maximum absolute atomic E-state index is 12.6. The third kappa shape index (κ3) is 3.99. The van der Waals surface area contributed by atoms with Gasteiger partial charge in [0, 0.05) is 18.7 Å². The topological polar surface area (TPSA) is 87.0 Å². The predicted octanol–water partition coefficient (Wildman–Crippen LogP) is 2.96. The molecule has 0 N–H and O–H groups in total. The van der Waals surface area contributed by atoms with E-state index in [0.717, 1.165) is 15.8 Å². The number of thiazole rings is 1. The smallest absolute Gasteiger partial charge is 0.252 e. The van der Waals surface area contributed by atoms with Crippen LogP contribution in [-0.2, 0) is 27.6 Å². The first-order valence-electron chi connectivity index (χ1n) is 9.73. The molecule has 0 saturated heterocycles. The van der Waals surface area contributed by atoms with Crippen LogP contribution in [0.1, 0.15) is 19.4 Å². The number of hydrogen-bond donors (Lipinski definition) is 0. The van der Waals surface area contributed by atoms with Crippen LogP contribution in [0.4, 0.5) is 0 Å². The molecule has 2 heterocycles. The predicted molar refractivity (Wildman–Crippen MR) is 115 cm³/mol. The van der Waals surface area contributed by atoms with Crippen molar-refractivity contribution in [2.45, 2.75) is 31.7 Å². The molecule has 0 saturated carbocycles. The van der Waals surface area contributed by atoms with E-state index >= 15 is 0 Å². The van der Waals surface area contributed by atoms with Crippen LogP contribution in [0.15, 0.2) is 46.3 Å². The Labute approximate surface area is 178 Å². The fourth-order valence-electron chi connectivity index (χ4n) is 3.30. The number of ether oxygens (including phenoxy) is 2. The van der Waals surface area contributed by atoms with Crippen molar-refractivity contribution in [1.29, 1.82) is 0 Å². The molecule has 158 valence electrons. The Morgan fingerprint density at radius 1 is 1.10 bits per heavy atom. The normalized spacial score (nSPS) is 14.3. The molecule has 30 heavy (non-hydrogen) atoms. The van der Waals surface area contributed by atoms with Gasteiger partial charge in [-0.2, -0.15) is 4.99 Å². The SMILES string of the molecule is CCn1c(=NC(=O)Cc2ccc(S(=O)(=O)CC)cc2)sc2cc3c(cc21)OCCO3. The Kier molecular flexibility index (Phi) is 5.66. The Bertz CT molecular complexity index is 1270. The minimum absolute atomic E-state index is 0.0447. The summed E-state index contributed by atoms with van der Waals surface area (Å²) in [5.41, 5.74) is 1.67. The van der Waals surface area contributed by atoms with E-state index in [2.05, 4.69) is 4.99 Å². The van der Waals surface area contributed by atoms with E-state index in [1.54, 1.807) is 19.1 Å². The van der Waals surface area contributed by atoms with Crippen LogP contribution >= 0.6 is 11.3 Å². The molecule has 0 aliphatic carbocycles. The van der Waals surface area contributed by atoms with Crippen LogP contribution in [0.2, 0.25) is 0 Å². The highest BCUT2D eigenvalue weighted by molar-refractivity contribution is 7.91. The first-order chi connectivity index (χ1) is 14.4. The summed E-state index contributed by atoms with van der Waals surface area (Å²) >= 11 is 1.43. The lowest BCUT2D eigenvalue weighted by molar-refractivity contribution is -0.117. The van der Waals surface area contributed by atoms with Gasteiger partial charge < -0.3 is 14.0 Å². The lowest BCUT2D eigenvalue weighted by Crippen LogP contribution is -2.17. The molecule has 4 rings (SSSR count). The second-order valence-electron chi connectivity index (χ2n) is 6.82. The zero-order chi connectivity index (χ0) is 21.3. The first-order valence-corrected chi connectivity index (χ1v) is 12.2. The average Bonchev–Trinajstić information content (AvgIpc) is 3.07. The van der Waals surface area contributed by atoms with Crippen molar-refractivity contribution in [1.82, 2.24) is 4.57 Å². The maximum Gasteiger partial charge on any atom is 0.252 e. The Hall–Kier alpha value is -2.65. The zero-order valence-electron chi connectivity index (χ0n) is 16.8. The van der Waals surface area contributed by atoms with Crippen molar-refractivity contribution in [3.05, 3.63) is 46.8 Å². The van der Waals surface area contributed by atoms with Crippen molar-refractivity contribution in [2.75, 3.05) is 19.0 Å². The highest BCUT2D eigenvalue weighted by Crippen LogP contribution is 2.35. The summed E-state index contributed by atoms with van der Waals surface area (Å²) < 4.78 is 38.1. The molecule has 7 nitrogen and oxygen atoms in total. The lowest BCUT2D eigenvalue weighted by Gasteiger charge is -2.18. The third-order valence-electron chi connectivity index (χ3n) is 4.90. The van der Waals surface area contributed by atoms with Crippen LogP contribution in [0.25, 0.3) is 10.2 Å². The Morgan fingerprint density at radius 2 is 1.77 bits per heavy atom. The largest absolute Gasteiger partial charge is 0.486 e. The quantitative estimate of drug-likeness (QED) is 0.601. The van der Waals surface area contributed by atoms with Crippen molar-refractivity contribution < 1.29 is 22.7 Å². The van der Waals surface area contributed by atoms with Gasteiger partial charge >= 0.3 is 0 Å². The third-order valence-corrected chi connectivity index (χ3v) is 7.69. The van der Waals surface area contributed by atoms with E-state index < -0.39 is 9.84 Å². The standard InChI is InChI=1S/C21H22N2O5S2/c1-3-23-16-12-17-18(28-10-9-27-17)13-19(16)29-21(23)22-20(24)11-14-5-7-15(8-6-14)30(25,26)4-2/h5-8,12-13H,3-4,9-11H2,1-2H3. The molecular weight excluding hydrogens is 424 g/mol. The van der Waals surface area contributed by atoms with Crippen molar-refractivity contribution in [3.8, 4) is 11.5 Å². The van der Waals surface area contributed by atoms with Gasteiger partial charge in [0.2, 0.25) is 0 Å². The molecular formula is C21H22N2O5S2. The van der Waals surface area contributed by atoms with Crippen molar-refractivity contribution in [3.63, 3.8) is 0 Å². The van der Waals surface area contributed by atoms with Crippen molar-refractivity contribution >= 4 is 37.3 Å². The number of fused-ring (bicyclic) bond motifs is 2. The van der Waals surface area contributed by atoms with Gasteiger partial charge in [-0.3, -0.25) is 4.79 Å². The van der Waals surface area contributed by atoms with Crippen LogP contribution in [-0.4, -0.2) is 37.9 Å². The highest BCUT2D eigenvalue weighted by Gasteiger charge is 2.16. The van der Waals surface area contributed by atoms with Gasteiger partial charge in [-0.1, -0.05) is 30.4 Å². The molecule has 3 aromatic rings. The first kappa shape index (κ1) is 20.6. The molecule has 1 aliphatic heterocycles. The molecule has 0 bridgehead atoms. The number of rotatable bonds is 5. The number of amides is 1. The summed E-state index contributed by atoms with van der Waals surface area (Å²) in [7, 11) is -3.25. The summed E-state index contributed by atoms with van der Waals surface area (Å²) in [6, 6.07) is 10.3. The molecule has 0 atom stereocenters. The maximum atomic E-state index is 12.6.